The molecule has 45 heavy (non-hydrogen) atoms. The Labute approximate surface area is 259 Å². The molecule has 1 heterocycles. The van der Waals surface area contributed by atoms with E-state index >= 15 is 0 Å². The van der Waals surface area contributed by atoms with E-state index in [4.69, 9.17) is 18.9 Å². The number of phenols is 1. The molecular weight excluding hydrogens is 602 g/mol. The quantitative estimate of drug-likeness (QED) is 0.178. The van der Waals surface area contributed by atoms with Crippen LogP contribution < -0.4 is 35.1 Å². The number of allylic oxidation sites excluding steroid dienone is 2. The number of hydrogen-bond donors (Lipinski definition) is 3. The van der Waals surface area contributed by atoms with Crippen molar-refractivity contribution >= 4 is 77.9 Å². The van der Waals surface area contributed by atoms with Crippen LogP contribution in [0.4, 0.5) is 5.69 Å². The SMILES string of the molecule is COc1c(O)c2c(=O)cc(OC)c3c4c(OC)c5c(c6c(=O)c(OC)c7c(c(c1CC(C)=C7C(C)=O)c23)c64)NC(C(=O)O)CS5. The van der Waals surface area contributed by atoms with Crippen LogP contribution in [0.5, 0.6) is 28.7 Å². The molecule has 7 rings (SSSR count). The number of carboxylic acid groups (broad SMARTS) is 1. The normalized spacial score (nSPS) is 15.9. The number of anilines is 1. The lowest BCUT2D eigenvalue weighted by atomic mass is 9.82. The largest absolute Gasteiger partial charge is 0.504 e. The van der Waals surface area contributed by atoms with Crippen molar-refractivity contribution in [2.24, 2.45) is 0 Å². The lowest BCUT2D eigenvalue weighted by molar-refractivity contribution is -0.137. The van der Waals surface area contributed by atoms with E-state index in [1.165, 1.54) is 53.2 Å². The van der Waals surface area contributed by atoms with Crippen LogP contribution in [0, 0.1) is 0 Å². The maximum absolute atomic E-state index is 14.6. The van der Waals surface area contributed by atoms with Crippen LogP contribution in [0.3, 0.4) is 0 Å². The highest BCUT2D eigenvalue weighted by Gasteiger charge is 2.39. The molecule has 11 nitrogen and oxygen atoms in total. The summed E-state index contributed by atoms with van der Waals surface area (Å²) in [6.07, 6.45) is 0.141. The van der Waals surface area contributed by atoms with E-state index in [0.717, 1.165) is 0 Å². The Balaban J connectivity index is 1.98. The fourth-order valence-electron chi connectivity index (χ4n) is 7.31. The molecule has 0 spiro atoms. The van der Waals surface area contributed by atoms with Crippen molar-refractivity contribution in [3.8, 4) is 28.7 Å². The molecule has 5 aromatic carbocycles. The van der Waals surface area contributed by atoms with Crippen molar-refractivity contribution in [1.82, 2.24) is 0 Å². The van der Waals surface area contributed by atoms with Gasteiger partial charge in [-0.15, -0.1) is 11.8 Å². The first-order chi connectivity index (χ1) is 21.5. The summed E-state index contributed by atoms with van der Waals surface area (Å²) in [6, 6.07) is 0.262. The number of methoxy groups -OCH3 is 4. The summed E-state index contributed by atoms with van der Waals surface area (Å²) in [5.41, 5.74) is 0.796. The number of benzene rings is 5. The van der Waals surface area contributed by atoms with Gasteiger partial charge in [0.05, 0.1) is 49.8 Å². The first-order valence-electron chi connectivity index (χ1n) is 14.0. The molecule has 5 aromatic rings. The van der Waals surface area contributed by atoms with Gasteiger partial charge in [-0.2, -0.15) is 0 Å². The Kier molecular flexibility index (Phi) is 6.25. The molecule has 0 aromatic heterocycles. The van der Waals surface area contributed by atoms with Gasteiger partial charge in [0.1, 0.15) is 17.5 Å². The maximum atomic E-state index is 14.6. The predicted octanol–water partition coefficient (Wildman–Crippen LogP) is 4.52. The number of carbonyl (C=O) groups is 2. The summed E-state index contributed by atoms with van der Waals surface area (Å²) in [4.78, 5) is 54.4. The van der Waals surface area contributed by atoms with Crippen molar-refractivity contribution in [2.45, 2.75) is 31.2 Å². The van der Waals surface area contributed by atoms with Crippen molar-refractivity contribution < 1.29 is 38.7 Å². The van der Waals surface area contributed by atoms with Gasteiger partial charge in [-0.1, -0.05) is 5.57 Å². The molecule has 1 aliphatic carbocycles. The number of rotatable bonds is 6. The third-order valence-electron chi connectivity index (χ3n) is 8.92. The predicted molar refractivity (Wildman–Crippen MR) is 172 cm³/mol. The van der Waals surface area contributed by atoms with Crippen LogP contribution in [-0.4, -0.2) is 62.2 Å². The van der Waals surface area contributed by atoms with Crippen LogP contribution in [-0.2, 0) is 16.0 Å². The summed E-state index contributed by atoms with van der Waals surface area (Å²) in [6.45, 7) is 3.16. The minimum absolute atomic E-state index is 0.0169. The minimum atomic E-state index is -1.09. The van der Waals surface area contributed by atoms with Gasteiger partial charge < -0.3 is 34.5 Å². The maximum Gasteiger partial charge on any atom is 0.326 e. The van der Waals surface area contributed by atoms with Gasteiger partial charge in [0.25, 0.3) is 0 Å². The number of hydrogen-bond acceptors (Lipinski definition) is 11. The van der Waals surface area contributed by atoms with Crippen LogP contribution in [0.25, 0.3) is 48.7 Å². The second kappa shape index (κ2) is 9.77. The number of nitrogens with one attached hydrogen (secondary N) is 1. The molecule has 0 saturated carbocycles. The topological polar surface area (TPSA) is 158 Å². The van der Waals surface area contributed by atoms with Gasteiger partial charge in [-0.25, -0.2) is 4.79 Å². The minimum Gasteiger partial charge on any atom is -0.504 e. The number of phenolic OH excluding ortho intramolecular Hbond substituents is 1. The smallest absolute Gasteiger partial charge is 0.326 e. The third-order valence-corrected chi connectivity index (χ3v) is 10.1. The zero-order valence-electron chi connectivity index (χ0n) is 25.1. The van der Waals surface area contributed by atoms with E-state index < -0.39 is 22.9 Å². The number of ketones is 1. The Hall–Kier alpha value is -4.97. The number of fused-ring (bicyclic) bond motifs is 3. The van der Waals surface area contributed by atoms with E-state index in [-0.39, 0.29) is 68.6 Å². The van der Waals surface area contributed by atoms with Crippen LogP contribution in [0.2, 0.25) is 0 Å². The molecule has 0 bridgehead atoms. The summed E-state index contributed by atoms with van der Waals surface area (Å²) in [5, 5.41) is 27.2. The zero-order chi connectivity index (χ0) is 32.2. The summed E-state index contributed by atoms with van der Waals surface area (Å²) < 4.78 is 23.4. The molecular formula is C33H27NO10S. The third kappa shape index (κ3) is 3.48. The van der Waals surface area contributed by atoms with E-state index in [1.54, 1.807) is 6.92 Å². The fourth-order valence-corrected chi connectivity index (χ4v) is 8.49. The first kappa shape index (κ1) is 28.8. The van der Waals surface area contributed by atoms with Crippen molar-refractivity contribution in [2.75, 3.05) is 39.5 Å². The number of thioether (sulfide) groups is 1. The lowest BCUT2D eigenvalue weighted by Crippen LogP contribution is -2.34. The van der Waals surface area contributed by atoms with Gasteiger partial charge >= 0.3 is 5.97 Å². The molecule has 230 valence electrons. The zero-order valence-corrected chi connectivity index (χ0v) is 26.0. The number of aromatic hydroxyl groups is 1. The Morgan fingerprint density at radius 2 is 1.53 bits per heavy atom. The second-order valence-electron chi connectivity index (χ2n) is 11.1. The number of carbonyl (C=O) groups excluding carboxylic acids is 1. The Morgan fingerprint density at radius 1 is 0.867 bits per heavy atom. The van der Waals surface area contributed by atoms with Crippen LogP contribution in [0.15, 0.2) is 26.1 Å². The first-order valence-corrected chi connectivity index (χ1v) is 15.0. The summed E-state index contributed by atoms with van der Waals surface area (Å²) in [5.74, 6) is -1.16. The number of Topliss-reactive ketones (excluding diaryl/α,β-unsaturated/α-hetero) is 1. The number of carboxylic acids is 1. The highest BCUT2D eigenvalue weighted by atomic mass is 32.2. The van der Waals surface area contributed by atoms with Crippen molar-refractivity contribution in [3.05, 3.63) is 43.2 Å². The molecule has 1 atom stereocenters. The molecule has 1 unspecified atom stereocenters. The highest BCUT2D eigenvalue weighted by molar-refractivity contribution is 7.99. The summed E-state index contributed by atoms with van der Waals surface area (Å²) >= 11 is 1.22. The van der Waals surface area contributed by atoms with E-state index in [0.29, 0.717) is 54.1 Å². The van der Waals surface area contributed by atoms with Gasteiger partial charge in [0.15, 0.2) is 28.5 Å². The molecule has 3 N–H and O–H groups in total. The fraction of sp³-hybridized carbons (Fsp3) is 0.273. The Morgan fingerprint density at radius 3 is 2.13 bits per heavy atom. The standard InChI is InChI=1S/C33H27NO10S/c1-10-7-12-17-20-18(27(37)29(12)42-4)14(36)8-15(41-3)19(20)24-22-21(17)23(16(10)11(2)35)30(43-5)28(38)25(22)26-32(31(24)44-6)45-9-13(34-26)33(39)40/h8,13,34,37H,7,9H2,1-6H3,(H,39,40). The molecule has 12 heteroatoms. The second-order valence-corrected chi connectivity index (χ2v) is 12.2. The molecule has 0 fully saturated rings. The summed E-state index contributed by atoms with van der Waals surface area (Å²) in [7, 11) is 5.61. The molecule has 2 aliphatic rings. The van der Waals surface area contributed by atoms with Crippen molar-refractivity contribution in [3.63, 3.8) is 0 Å². The molecule has 1 aliphatic heterocycles. The van der Waals surface area contributed by atoms with Gasteiger partial charge in [0, 0.05) is 55.5 Å². The van der Waals surface area contributed by atoms with Gasteiger partial charge in [-0.05, 0) is 25.7 Å². The highest BCUT2D eigenvalue weighted by Crippen LogP contribution is 2.59. The Bertz CT molecular complexity index is 2350. The van der Waals surface area contributed by atoms with Gasteiger partial charge in [0.2, 0.25) is 5.43 Å². The van der Waals surface area contributed by atoms with Crippen LogP contribution in [0.1, 0.15) is 25.0 Å². The van der Waals surface area contributed by atoms with Gasteiger partial charge in [-0.3, -0.25) is 14.4 Å². The van der Waals surface area contributed by atoms with E-state index in [1.807, 2.05) is 0 Å². The molecule has 0 amide bonds. The van der Waals surface area contributed by atoms with E-state index in [9.17, 15) is 29.4 Å². The molecule has 0 saturated heterocycles. The number of ether oxygens (including phenoxy) is 4. The number of aliphatic carboxylic acids is 1. The average Bonchev–Trinajstić information content (AvgIpc) is 3.14. The monoisotopic (exact) mass is 629 g/mol. The van der Waals surface area contributed by atoms with Crippen molar-refractivity contribution in [1.29, 1.82) is 0 Å². The molecule has 0 radical (unpaired) electrons. The lowest BCUT2D eigenvalue weighted by Gasteiger charge is -2.30. The average molecular weight is 630 g/mol. The van der Waals surface area contributed by atoms with E-state index in [2.05, 4.69) is 5.32 Å². The van der Waals surface area contributed by atoms with Crippen LogP contribution >= 0.6 is 11.8 Å².